The van der Waals surface area contributed by atoms with Crippen LogP contribution in [0.4, 0.5) is 0 Å². The lowest BCUT2D eigenvalue weighted by molar-refractivity contribution is -0.116. The first-order valence-electron chi connectivity index (χ1n) is 7.82. The van der Waals surface area contributed by atoms with Gasteiger partial charge in [-0.3, -0.25) is 4.79 Å². The summed E-state index contributed by atoms with van der Waals surface area (Å²) < 4.78 is 7.91. The van der Waals surface area contributed by atoms with Crippen molar-refractivity contribution in [3.63, 3.8) is 0 Å². The van der Waals surface area contributed by atoms with Gasteiger partial charge in [-0.2, -0.15) is 0 Å². The van der Waals surface area contributed by atoms with Crippen LogP contribution >= 0.6 is 39.9 Å². The number of amides is 1. The van der Waals surface area contributed by atoms with Gasteiger partial charge in [0.15, 0.2) is 0 Å². The number of fused-ring (bicyclic) bond motifs is 1. The number of thioether (sulfide) groups is 1. The van der Waals surface area contributed by atoms with E-state index in [-0.39, 0.29) is 5.91 Å². The van der Waals surface area contributed by atoms with E-state index in [1.165, 1.54) is 22.9 Å². The summed E-state index contributed by atoms with van der Waals surface area (Å²) in [6.07, 6.45) is 3.03. The van der Waals surface area contributed by atoms with Crippen molar-refractivity contribution in [1.82, 2.24) is 5.32 Å². The lowest BCUT2D eigenvalue weighted by atomic mass is 10.1. The highest BCUT2D eigenvalue weighted by atomic mass is 79.9. The molecule has 0 saturated heterocycles. The highest BCUT2D eigenvalue weighted by Crippen LogP contribution is 2.31. The average molecular weight is 440 g/mol. The molecule has 2 rings (SSSR count). The molecule has 0 spiro atoms. The van der Waals surface area contributed by atoms with Crippen LogP contribution in [0, 0.1) is 0 Å². The van der Waals surface area contributed by atoms with E-state index in [1.54, 1.807) is 20.2 Å². The van der Waals surface area contributed by atoms with Gasteiger partial charge >= 0.3 is 0 Å². The van der Waals surface area contributed by atoms with Crippen LogP contribution in [-0.4, -0.2) is 24.8 Å². The smallest absolute Gasteiger partial charge is 0.257 e. The van der Waals surface area contributed by atoms with Gasteiger partial charge in [-0.15, -0.1) is 0 Å². The van der Waals surface area contributed by atoms with Gasteiger partial charge in [-0.25, -0.2) is 0 Å². The van der Waals surface area contributed by atoms with Gasteiger partial charge < -0.3 is 10.1 Å². The summed E-state index contributed by atoms with van der Waals surface area (Å²) in [7, 11) is 3.21. The maximum absolute atomic E-state index is 11.9. The molecular formula is C19H22BrNO2S2. The second-order valence-electron chi connectivity index (χ2n) is 5.09. The van der Waals surface area contributed by atoms with Crippen LogP contribution in [0.5, 0.6) is 5.75 Å². The number of halogens is 1. The van der Waals surface area contributed by atoms with Crippen molar-refractivity contribution < 1.29 is 9.53 Å². The Hall–Kier alpha value is -1.37. The molecule has 1 N–H and O–H groups in total. The fourth-order valence-corrected chi connectivity index (χ4v) is 3.22. The van der Waals surface area contributed by atoms with Crippen LogP contribution < -0.4 is 10.1 Å². The van der Waals surface area contributed by atoms with E-state index >= 15 is 0 Å². The molecule has 0 aliphatic rings. The van der Waals surface area contributed by atoms with Crippen molar-refractivity contribution in [2.45, 2.75) is 20.3 Å². The van der Waals surface area contributed by atoms with Crippen molar-refractivity contribution in [3.05, 3.63) is 45.3 Å². The van der Waals surface area contributed by atoms with Crippen molar-refractivity contribution in [2.24, 2.45) is 0 Å². The van der Waals surface area contributed by atoms with E-state index in [1.807, 2.05) is 30.3 Å². The number of rotatable bonds is 5. The molecule has 1 amide bonds. The number of nitrogens with one attached hydrogen (secondary N) is 1. The predicted octanol–water partition coefficient (Wildman–Crippen LogP) is 5.80. The number of ether oxygens (including phenoxy) is 1. The highest BCUT2D eigenvalue weighted by Gasteiger charge is 2.10. The number of thiocarbonyl (C=S) groups is 1. The third-order valence-electron chi connectivity index (χ3n) is 3.06. The summed E-state index contributed by atoms with van der Waals surface area (Å²) in [6.45, 7) is 4.25. The molecule has 0 aliphatic heterocycles. The molecule has 0 unspecified atom stereocenters. The minimum atomic E-state index is -0.178. The molecule has 0 saturated carbocycles. The van der Waals surface area contributed by atoms with Gasteiger partial charge in [0, 0.05) is 21.8 Å². The Balaban J connectivity index is 0.000000970. The first kappa shape index (κ1) is 21.7. The highest BCUT2D eigenvalue weighted by molar-refractivity contribution is 9.10. The Kier molecular flexibility index (Phi) is 9.78. The van der Waals surface area contributed by atoms with Crippen molar-refractivity contribution >= 4 is 67.4 Å². The van der Waals surface area contributed by atoms with Crippen molar-refractivity contribution in [2.75, 3.05) is 14.2 Å². The number of carbonyl (C=O) groups excluding carboxylic acids is 1. The molecule has 2 aromatic rings. The standard InChI is InChI=1S/C16H14BrNO2S2.C3H8/c1-18-16(19)15(22-9-21)8-12-5-11-6-13(17)4-3-10(11)7-14(12)20-2;1-3-2/h3-9H,1-2H3,(H,18,19);3H2,1-2H3/b15-8-;. The van der Waals surface area contributed by atoms with Gasteiger partial charge in [-0.1, -0.05) is 66.2 Å². The summed E-state index contributed by atoms with van der Waals surface area (Å²) in [6, 6.07) is 9.97. The molecule has 0 aliphatic carbocycles. The second kappa shape index (κ2) is 11.3. The predicted molar refractivity (Wildman–Crippen MR) is 117 cm³/mol. The third-order valence-corrected chi connectivity index (χ3v) is 4.50. The van der Waals surface area contributed by atoms with Crippen LogP contribution in [0.2, 0.25) is 0 Å². The van der Waals surface area contributed by atoms with Gasteiger partial charge in [-0.05, 0) is 41.1 Å². The van der Waals surface area contributed by atoms with Crippen molar-refractivity contribution in [1.29, 1.82) is 0 Å². The number of likely N-dealkylation sites (N-methyl/N-ethyl adjacent to an activating group) is 1. The monoisotopic (exact) mass is 439 g/mol. The van der Waals surface area contributed by atoms with E-state index in [0.29, 0.717) is 10.7 Å². The molecule has 0 bridgehead atoms. The van der Waals surface area contributed by atoms with Gasteiger partial charge in [0.25, 0.3) is 5.91 Å². The van der Waals surface area contributed by atoms with E-state index in [2.05, 4.69) is 35.1 Å². The van der Waals surface area contributed by atoms with Gasteiger partial charge in [0.2, 0.25) is 0 Å². The van der Waals surface area contributed by atoms with E-state index < -0.39 is 0 Å². The second-order valence-corrected chi connectivity index (χ2v) is 7.46. The molecule has 0 fully saturated rings. The molecule has 0 radical (unpaired) electrons. The van der Waals surface area contributed by atoms with Crippen molar-refractivity contribution in [3.8, 4) is 5.75 Å². The van der Waals surface area contributed by atoms with Gasteiger partial charge in [0.05, 0.1) is 12.0 Å². The number of benzene rings is 2. The fraction of sp³-hybridized carbons (Fsp3) is 0.263. The zero-order valence-corrected chi connectivity index (χ0v) is 18.0. The molecular weight excluding hydrogens is 418 g/mol. The Morgan fingerprint density at radius 3 is 2.52 bits per heavy atom. The number of hydrogen-bond acceptors (Lipinski definition) is 4. The first-order chi connectivity index (χ1) is 12.0. The van der Waals surface area contributed by atoms with E-state index in [4.69, 9.17) is 17.0 Å². The summed E-state index contributed by atoms with van der Waals surface area (Å²) in [5, 5.41) is 4.74. The summed E-state index contributed by atoms with van der Waals surface area (Å²) in [5.41, 5.74) is 0.830. The minimum Gasteiger partial charge on any atom is -0.496 e. The first-order valence-corrected chi connectivity index (χ1v) is 9.96. The molecule has 25 heavy (non-hydrogen) atoms. The lowest BCUT2D eigenvalue weighted by Crippen LogP contribution is -2.18. The van der Waals surface area contributed by atoms with Crippen LogP contribution in [0.1, 0.15) is 25.8 Å². The normalized spacial score (nSPS) is 10.7. The third kappa shape index (κ3) is 6.45. The summed E-state index contributed by atoms with van der Waals surface area (Å²) in [4.78, 5) is 12.4. The zero-order chi connectivity index (χ0) is 18.8. The fourth-order valence-electron chi connectivity index (χ4n) is 2.02. The van der Waals surface area contributed by atoms with Crippen LogP contribution in [-0.2, 0) is 4.79 Å². The Morgan fingerprint density at radius 2 is 1.96 bits per heavy atom. The molecule has 6 heteroatoms. The lowest BCUT2D eigenvalue weighted by Gasteiger charge is -2.09. The molecule has 0 heterocycles. The van der Waals surface area contributed by atoms with Crippen LogP contribution in [0.15, 0.2) is 39.7 Å². The quantitative estimate of drug-likeness (QED) is 0.471. The Morgan fingerprint density at radius 1 is 1.28 bits per heavy atom. The molecule has 2 aromatic carbocycles. The molecule has 3 nitrogen and oxygen atoms in total. The molecule has 0 atom stereocenters. The maximum atomic E-state index is 11.9. The summed E-state index contributed by atoms with van der Waals surface area (Å²) >= 11 is 9.52. The maximum Gasteiger partial charge on any atom is 0.257 e. The number of hydrogen-bond donors (Lipinski definition) is 1. The molecule has 134 valence electrons. The molecule has 0 aromatic heterocycles. The zero-order valence-electron chi connectivity index (χ0n) is 14.8. The largest absolute Gasteiger partial charge is 0.496 e. The topological polar surface area (TPSA) is 38.3 Å². The summed E-state index contributed by atoms with van der Waals surface area (Å²) in [5.74, 6) is 0.531. The van der Waals surface area contributed by atoms with Crippen LogP contribution in [0.3, 0.4) is 0 Å². The number of methoxy groups -OCH3 is 1. The van der Waals surface area contributed by atoms with E-state index in [0.717, 1.165) is 20.8 Å². The van der Waals surface area contributed by atoms with E-state index in [9.17, 15) is 4.79 Å². The number of carbonyl (C=O) groups is 1. The Bertz CT molecular complexity index is 775. The van der Waals surface area contributed by atoms with Gasteiger partial charge in [0.1, 0.15) is 5.75 Å². The SMILES string of the molecule is CCC.CNC(=O)/C(=C/c1cc2cc(Br)ccc2cc1OC)SC=S. The Labute approximate surface area is 167 Å². The average Bonchev–Trinajstić information content (AvgIpc) is 2.60. The minimum absolute atomic E-state index is 0.178. The van der Waals surface area contributed by atoms with Crippen LogP contribution in [0.25, 0.3) is 16.8 Å².